The molecule has 1 amide bonds. The standard InChI is InChI=1S/C16H16F5NO/c17-10-3-4-14(18)12(6-10)11-7-13(11)15(23)22-5-1-2-9(8-22)16(19,20)21/h3-4,6,9,11,13H,1-2,5,7-8H2/t9-,11+,13+/m0/s1. The zero-order valence-electron chi connectivity index (χ0n) is 12.2. The van der Waals surface area contributed by atoms with E-state index in [-0.39, 0.29) is 24.4 Å². The van der Waals surface area contributed by atoms with Crippen LogP contribution in [0.3, 0.4) is 0 Å². The highest BCUT2D eigenvalue weighted by molar-refractivity contribution is 5.83. The zero-order valence-corrected chi connectivity index (χ0v) is 12.2. The third-order valence-electron chi connectivity index (χ3n) is 4.66. The van der Waals surface area contributed by atoms with E-state index in [1.54, 1.807) is 0 Å². The molecule has 2 aliphatic rings. The molecule has 0 unspecified atom stereocenters. The average Bonchev–Trinajstić information content (AvgIpc) is 3.28. The van der Waals surface area contributed by atoms with Crippen LogP contribution in [0.15, 0.2) is 18.2 Å². The second kappa shape index (κ2) is 5.76. The maximum absolute atomic E-state index is 13.7. The lowest BCUT2D eigenvalue weighted by Crippen LogP contribution is -2.45. The molecule has 1 aromatic rings. The minimum Gasteiger partial charge on any atom is -0.342 e. The van der Waals surface area contributed by atoms with Gasteiger partial charge in [0.2, 0.25) is 5.91 Å². The van der Waals surface area contributed by atoms with Crippen molar-refractivity contribution in [3.8, 4) is 0 Å². The second-order valence-corrected chi connectivity index (χ2v) is 6.28. The molecule has 1 aliphatic heterocycles. The van der Waals surface area contributed by atoms with Crippen molar-refractivity contribution >= 4 is 5.91 Å². The number of likely N-dealkylation sites (tertiary alicyclic amines) is 1. The summed E-state index contributed by atoms with van der Waals surface area (Å²) in [6.45, 7) is -0.0442. The lowest BCUT2D eigenvalue weighted by atomic mass is 9.97. The quantitative estimate of drug-likeness (QED) is 0.753. The number of benzene rings is 1. The summed E-state index contributed by atoms with van der Waals surface area (Å²) in [6.07, 6.45) is -3.62. The maximum Gasteiger partial charge on any atom is 0.393 e. The van der Waals surface area contributed by atoms with Gasteiger partial charge in [0.25, 0.3) is 0 Å². The molecule has 3 rings (SSSR count). The van der Waals surface area contributed by atoms with E-state index in [1.165, 1.54) is 4.90 Å². The van der Waals surface area contributed by atoms with Crippen LogP contribution in [0.2, 0.25) is 0 Å². The molecule has 0 spiro atoms. The number of hydrogen-bond acceptors (Lipinski definition) is 1. The Balaban J connectivity index is 1.67. The molecule has 0 radical (unpaired) electrons. The van der Waals surface area contributed by atoms with E-state index < -0.39 is 35.6 Å². The number of nitrogens with zero attached hydrogens (tertiary/aromatic N) is 1. The predicted molar refractivity (Wildman–Crippen MR) is 72.6 cm³/mol. The van der Waals surface area contributed by atoms with Crippen molar-refractivity contribution in [3.05, 3.63) is 35.4 Å². The number of carbonyl (C=O) groups excluding carboxylic acids is 1. The van der Waals surface area contributed by atoms with Gasteiger partial charge in [-0.3, -0.25) is 4.79 Å². The molecule has 23 heavy (non-hydrogen) atoms. The first-order valence-corrected chi connectivity index (χ1v) is 7.58. The minimum atomic E-state index is -4.31. The molecule has 1 heterocycles. The van der Waals surface area contributed by atoms with E-state index in [9.17, 15) is 26.7 Å². The summed E-state index contributed by atoms with van der Waals surface area (Å²) in [6, 6.07) is 3.06. The topological polar surface area (TPSA) is 20.3 Å². The van der Waals surface area contributed by atoms with Gasteiger partial charge >= 0.3 is 6.18 Å². The van der Waals surface area contributed by atoms with Crippen LogP contribution < -0.4 is 0 Å². The van der Waals surface area contributed by atoms with Gasteiger partial charge < -0.3 is 4.90 Å². The predicted octanol–water partition coefficient (Wildman–Crippen LogP) is 3.87. The Labute approximate surface area is 130 Å². The van der Waals surface area contributed by atoms with E-state index in [0.717, 1.165) is 18.2 Å². The first-order chi connectivity index (χ1) is 10.8. The summed E-state index contributed by atoms with van der Waals surface area (Å²) >= 11 is 0. The number of piperidine rings is 1. The Morgan fingerprint density at radius 2 is 1.96 bits per heavy atom. The van der Waals surface area contributed by atoms with Crippen molar-refractivity contribution in [2.45, 2.75) is 31.4 Å². The highest BCUT2D eigenvalue weighted by Gasteiger charge is 2.49. The third kappa shape index (κ3) is 3.33. The number of halogens is 5. The fourth-order valence-electron chi connectivity index (χ4n) is 3.29. The molecule has 1 aliphatic carbocycles. The van der Waals surface area contributed by atoms with E-state index >= 15 is 0 Å². The lowest BCUT2D eigenvalue weighted by molar-refractivity contribution is -0.188. The van der Waals surface area contributed by atoms with Crippen molar-refractivity contribution in [3.63, 3.8) is 0 Å². The summed E-state index contributed by atoms with van der Waals surface area (Å²) in [7, 11) is 0. The molecule has 1 saturated carbocycles. The summed E-state index contributed by atoms with van der Waals surface area (Å²) in [5, 5.41) is 0. The molecule has 0 aromatic heterocycles. The van der Waals surface area contributed by atoms with Crippen LogP contribution in [0, 0.1) is 23.5 Å². The Hall–Kier alpha value is -1.66. The molecular weight excluding hydrogens is 317 g/mol. The van der Waals surface area contributed by atoms with Gasteiger partial charge in [-0.1, -0.05) is 0 Å². The van der Waals surface area contributed by atoms with Crippen LogP contribution in [-0.2, 0) is 4.79 Å². The van der Waals surface area contributed by atoms with Crippen molar-refractivity contribution in [2.75, 3.05) is 13.1 Å². The van der Waals surface area contributed by atoms with Gasteiger partial charge in [-0.05, 0) is 48.9 Å². The minimum absolute atomic E-state index is 0.0277. The largest absolute Gasteiger partial charge is 0.393 e. The van der Waals surface area contributed by atoms with Gasteiger partial charge in [0.15, 0.2) is 0 Å². The van der Waals surface area contributed by atoms with Crippen LogP contribution in [0.5, 0.6) is 0 Å². The third-order valence-corrected chi connectivity index (χ3v) is 4.66. The number of alkyl halides is 3. The van der Waals surface area contributed by atoms with Crippen LogP contribution in [0.25, 0.3) is 0 Å². The summed E-state index contributed by atoms with van der Waals surface area (Å²) in [4.78, 5) is 13.6. The summed E-state index contributed by atoms with van der Waals surface area (Å²) < 4.78 is 65.3. The van der Waals surface area contributed by atoms with Gasteiger partial charge in [-0.2, -0.15) is 13.2 Å². The fraction of sp³-hybridized carbons (Fsp3) is 0.562. The highest BCUT2D eigenvalue weighted by atomic mass is 19.4. The highest BCUT2D eigenvalue weighted by Crippen LogP contribution is 2.50. The molecule has 7 heteroatoms. The van der Waals surface area contributed by atoms with Crippen molar-refractivity contribution in [2.24, 2.45) is 11.8 Å². The molecule has 126 valence electrons. The Bertz CT molecular complexity index is 615. The molecule has 0 bridgehead atoms. The molecule has 0 N–H and O–H groups in total. The monoisotopic (exact) mass is 333 g/mol. The Morgan fingerprint density at radius 3 is 2.65 bits per heavy atom. The fourth-order valence-corrected chi connectivity index (χ4v) is 3.29. The normalized spacial score (nSPS) is 27.9. The SMILES string of the molecule is O=C([C@@H]1C[C@@H]1c1cc(F)ccc1F)N1CCC[C@H](C(F)(F)F)C1. The van der Waals surface area contributed by atoms with Crippen molar-refractivity contribution < 1.29 is 26.7 Å². The molecule has 2 fully saturated rings. The van der Waals surface area contributed by atoms with Gasteiger partial charge in [0.1, 0.15) is 11.6 Å². The van der Waals surface area contributed by atoms with Crippen LogP contribution in [-0.4, -0.2) is 30.1 Å². The molecule has 1 saturated heterocycles. The Kier molecular flexibility index (Phi) is 4.06. The van der Waals surface area contributed by atoms with Gasteiger partial charge in [-0.15, -0.1) is 0 Å². The van der Waals surface area contributed by atoms with Gasteiger partial charge in [0.05, 0.1) is 5.92 Å². The Morgan fingerprint density at radius 1 is 1.22 bits per heavy atom. The smallest absolute Gasteiger partial charge is 0.342 e. The first-order valence-electron chi connectivity index (χ1n) is 7.58. The van der Waals surface area contributed by atoms with Crippen LogP contribution in [0.4, 0.5) is 22.0 Å². The van der Waals surface area contributed by atoms with Crippen molar-refractivity contribution in [1.82, 2.24) is 4.90 Å². The second-order valence-electron chi connectivity index (χ2n) is 6.28. The molecule has 1 aromatic carbocycles. The summed E-state index contributed by atoms with van der Waals surface area (Å²) in [5.74, 6) is -4.04. The van der Waals surface area contributed by atoms with E-state index in [2.05, 4.69) is 0 Å². The zero-order chi connectivity index (χ0) is 16.8. The van der Waals surface area contributed by atoms with Gasteiger partial charge in [-0.25, -0.2) is 8.78 Å². The van der Waals surface area contributed by atoms with E-state index in [4.69, 9.17) is 0 Å². The van der Waals surface area contributed by atoms with Crippen LogP contribution >= 0.6 is 0 Å². The maximum atomic E-state index is 13.7. The molecule has 2 nitrogen and oxygen atoms in total. The van der Waals surface area contributed by atoms with E-state index in [1.807, 2.05) is 0 Å². The van der Waals surface area contributed by atoms with Crippen molar-refractivity contribution in [1.29, 1.82) is 0 Å². The van der Waals surface area contributed by atoms with Gasteiger partial charge in [0, 0.05) is 19.0 Å². The van der Waals surface area contributed by atoms with Crippen LogP contribution in [0.1, 0.15) is 30.7 Å². The van der Waals surface area contributed by atoms with E-state index in [0.29, 0.717) is 19.4 Å². The number of amides is 1. The lowest BCUT2D eigenvalue weighted by Gasteiger charge is -2.34. The molecule has 3 atom stereocenters. The number of rotatable bonds is 2. The number of carbonyl (C=O) groups is 1. The summed E-state index contributed by atoms with van der Waals surface area (Å²) in [5.41, 5.74) is 0.132. The number of hydrogen-bond donors (Lipinski definition) is 0. The molecular formula is C16H16F5NO. The first kappa shape index (κ1) is 16.2. The average molecular weight is 333 g/mol.